The van der Waals surface area contributed by atoms with Crippen LogP contribution in [0.5, 0.6) is 0 Å². The average Bonchev–Trinajstić information content (AvgIpc) is 0. The zero-order valence-corrected chi connectivity index (χ0v) is 8.35. The molecule has 0 N–H and O–H groups in total. The van der Waals surface area contributed by atoms with E-state index in [4.69, 9.17) is 0 Å². The smallest absolute Gasteiger partial charge is 0 e. The fourth-order valence-corrected chi connectivity index (χ4v) is 0. The van der Waals surface area contributed by atoms with E-state index in [9.17, 15) is 0 Å². The van der Waals surface area contributed by atoms with Gasteiger partial charge in [-0.25, -0.2) is 0 Å². The van der Waals surface area contributed by atoms with Crippen molar-refractivity contribution in [3.8, 4) is 0 Å². The molecule has 4 heavy (non-hydrogen) atoms. The molecule has 0 saturated carbocycles. The molecule has 0 nitrogen and oxygen atoms in total. The van der Waals surface area contributed by atoms with Crippen LogP contribution in [0, 0.1) is 0 Å². The average molecular weight is 404 g/mol. The molecule has 0 aliphatic heterocycles. The Morgan fingerprint density at radius 2 is 1.00 bits per heavy atom. The predicted molar refractivity (Wildman–Crippen MR) is 0 cm³/mol. The summed E-state index contributed by atoms with van der Waals surface area (Å²) in [6, 6.07) is 0. The van der Waals surface area contributed by atoms with E-state index >= 15 is 0 Å². The molecule has 0 aromatic rings. The first-order valence-corrected chi connectivity index (χ1v) is 0. The molecular formula is AuCrCuZr. The van der Waals surface area contributed by atoms with Crippen LogP contribution in [0.4, 0.5) is 0 Å². The first-order valence-electron chi connectivity index (χ1n) is 0. The summed E-state index contributed by atoms with van der Waals surface area (Å²) < 4.78 is 0. The molecule has 0 rings (SSSR count). The standard InChI is InChI=1S/Au.Cr.Cu.Zr. The Morgan fingerprint density at radius 1 is 1.00 bits per heavy atom. The van der Waals surface area contributed by atoms with Crippen LogP contribution >= 0.6 is 0 Å². The van der Waals surface area contributed by atoms with E-state index in [1.54, 1.807) is 0 Å². The second-order valence-electron chi connectivity index (χ2n) is 0. The molecule has 0 unspecified atom stereocenters. The Bertz CT molecular complexity index is 8.00. The molecule has 0 aromatic heterocycles. The van der Waals surface area contributed by atoms with Crippen molar-refractivity contribution in [1.82, 2.24) is 0 Å². The summed E-state index contributed by atoms with van der Waals surface area (Å²) >= 11 is 0. The van der Waals surface area contributed by atoms with Gasteiger partial charge in [0.05, 0.1) is 0 Å². The Labute approximate surface area is 81.7 Å². The van der Waals surface area contributed by atoms with Gasteiger partial charge < -0.3 is 0 Å². The third-order valence-corrected chi connectivity index (χ3v) is 0. The molecule has 0 aliphatic carbocycles. The maximum atomic E-state index is 0. The molecule has 32 valence electrons. The van der Waals surface area contributed by atoms with Crippen LogP contribution in [0.25, 0.3) is 0 Å². The van der Waals surface area contributed by atoms with Crippen molar-refractivity contribution in [3.05, 3.63) is 0 Å². The minimum absolute atomic E-state index is 0. The van der Waals surface area contributed by atoms with Gasteiger partial charge in [0, 0.05) is 83.0 Å². The number of hydrogen-bond acceptors (Lipinski definition) is 0. The largest absolute Gasteiger partial charge is 0 e. The van der Waals surface area contributed by atoms with Gasteiger partial charge in [-0.2, -0.15) is 0 Å². The van der Waals surface area contributed by atoms with Crippen molar-refractivity contribution in [3.63, 3.8) is 0 Å². The van der Waals surface area contributed by atoms with Gasteiger partial charge in [0.1, 0.15) is 0 Å². The van der Waals surface area contributed by atoms with Crippen LogP contribution in [-0.2, 0) is 83.0 Å². The molecule has 0 saturated heterocycles. The van der Waals surface area contributed by atoms with E-state index in [1.165, 1.54) is 0 Å². The first kappa shape index (κ1) is 30.0. The van der Waals surface area contributed by atoms with Crippen molar-refractivity contribution < 1.29 is 83.0 Å². The molecule has 0 aromatic carbocycles. The molecular weight excluding hydrogens is 404 g/mol. The quantitative estimate of drug-likeness (QED) is 0.499. The predicted octanol–water partition coefficient (Wildman–Crippen LogP) is -0.0100. The van der Waals surface area contributed by atoms with Crippen LogP contribution in [0.2, 0.25) is 0 Å². The Balaban J connectivity index is 0. The summed E-state index contributed by atoms with van der Waals surface area (Å²) in [7, 11) is 0. The van der Waals surface area contributed by atoms with E-state index in [0.29, 0.717) is 0 Å². The second-order valence-corrected chi connectivity index (χ2v) is 0. The van der Waals surface area contributed by atoms with Gasteiger partial charge in [0.15, 0.2) is 0 Å². The summed E-state index contributed by atoms with van der Waals surface area (Å²) in [5.41, 5.74) is 0. The van der Waals surface area contributed by atoms with E-state index in [0.717, 1.165) is 0 Å². The van der Waals surface area contributed by atoms with Gasteiger partial charge in [0.2, 0.25) is 0 Å². The van der Waals surface area contributed by atoms with E-state index < -0.39 is 0 Å². The van der Waals surface area contributed by atoms with Crippen LogP contribution < -0.4 is 0 Å². The van der Waals surface area contributed by atoms with Gasteiger partial charge in [-0.05, 0) is 0 Å². The zero-order valence-electron chi connectivity index (χ0n) is 1.51. The maximum Gasteiger partial charge on any atom is 0 e. The summed E-state index contributed by atoms with van der Waals surface area (Å²) in [5, 5.41) is 0. The Hall–Kier alpha value is 2.68. The van der Waals surface area contributed by atoms with Gasteiger partial charge >= 0.3 is 0 Å². The van der Waals surface area contributed by atoms with Gasteiger partial charge in [-0.15, -0.1) is 0 Å². The van der Waals surface area contributed by atoms with Crippen LogP contribution in [0.15, 0.2) is 0 Å². The third-order valence-electron chi connectivity index (χ3n) is 0. The second kappa shape index (κ2) is 17.3. The molecule has 2 radical (unpaired) electrons. The van der Waals surface area contributed by atoms with Crippen molar-refractivity contribution in [1.29, 1.82) is 0 Å². The summed E-state index contributed by atoms with van der Waals surface area (Å²) in [6.45, 7) is 0. The summed E-state index contributed by atoms with van der Waals surface area (Å²) in [5.74, 6) is 0. The first-order chi connectivity index (χ1) is 0. The van der Waals surface area contributed by atoms with Gasteiger partial charge in [0.25, 0.3) is 0 Å². The third kappa shape index (κ3) is 8.82. The summed E-state index contributed by atoms with van der Waals surface area (Å²) in [6.07, 6.45) is 0. The van der Waals surface area contributed by atoms with Crippen molar-refractivity contribution in [2.45, 2.75) is 0 Å². The van der Waals surface area contributed by atoms with Crippen molar-refractivity contribution in [2.75, 3.05) is 0 Å². The Kier molecular flexibility index (Phi) is 130. The minimum Gasteiger partial charge on any atom is 0 e. The van der Waals surface area contributed by atoms with Gasteiger partial charge in [-0.1, -0.05) is 0 Å². The molecule has 0 spiro atoms. The monoisotopic (exact) mass is 402 g/mol. The van der Waals surface area contributed by atoms with Crippen LogP contribution in [0.3, 0.4) is 0 Å². The van der Waals surface area contributed by atoms with E-state index in [1.807, 2.05) is 0 Å². The normalized spacial score (nSPS) is 0. The van der Waals surface area contributed by atoms with E-state index in [2.05, 4.69) is 0 Å². The molecule has 0 aliphatic rings. The Morgan fingerprint density at radius 3 is 1.00 bits per heavy atom. The maximum absolute atomic E-state index is 0. The van der Waals surface area contributed by atoms with Crippen molar-refractivity contribution >= 4 is 0 Å². The summed E-state index contributed by atoms with van der Waals surface area (Å²) in [4.78, 5) is 0. The molecule has 4 heteroatoms. The number of rotatable bonds is 0. The molecule has 0 bridgehead atoms. The fourth-order valence-electron chi connectivity index (χ4n) is 0. The fraction of sp³-hybridized carbons (Fsp3) is 0. The van der Waals surface area contributed by atoms with Crippen molar-refractivity contribution in [2.24, 2.45) is 0 Å². The van der Waals surface area contributed by atoms with E-state index in [-0.39, 0.29) is 83.0 Å². The minimum atomic E-state index is 0. The SMILES string of the molecule is [Au].[Cr].[Cu].[Zr]. The molecule has 0 fully saturated rings. The van der Waals surface area contributed by atoms with Gasteiger partial charge in [-0.3, -0.25) is 0 Å². The molecule has 0 heterocycles. The molecule has 0 atom stereocenters. The number of hydrogen-bond donors (Lipinski definition) is 0. The van der Waals surface area contributed by atoms with Crippen LogP contribution in [-0.4, -0.2) is 0 Å². The zero-order chi connectivity index (χ0) is 0. The topological polar surface area (TPSA) is 0 Å². The van der Waals surface area contributed by atoms with Crippen LogP contribution in [0.1, 0.15) is 0 Å². The molecule has 0 amide bonds.